The molecule has 0 saturated carbocycles. The topological polar surface area (TPSA) is 36.9 Å². The Morgan fingerprint density at radius 3 is 2.81 bits per heavy atom. The quantitative estimate of drug-likeness (QED) is 0.586. The van der Waals surface area contributed by atoms with Gasteiger partial charge in [-0.2, -0.15) is 5.26 Å². The Labute approximate surface area is 106 Å². The highest BCUT2D eigenvalue weighted by molar-refractivity contribution is 14.1. The number of rotatable bonds is 0. The lowest BCUT2D eigenvalue weighted by molar-refractivity contribution is 0.667. The fourth-order valence-corrected chi connectivity index (χ4v) is 2.35. The molecule has 0 aliphatic heterocycles. The summed E-state index contributed by atoms with van der Waals surface area (Å²) >= 11 is 2.27. The molecule has 3 aromatic rings. The summed E-state index contributed by atoms with van der Waals surface area (Å²) < 4.78 is 6.87. The summed E-state index contributed by atoms with van der Waals surface area (Å²) in [6.07, 6.45) is 0. The van der Waals surface area contributed by atoms with Gasteiger partial charge in [0.15, 0.2) is 5.58 Å². The van der Waals surface area contributed by atoms with Crippen molar-refractivity contribution in [2.24, 2.45) is 0 Å². The van der Waals surface area contributed by atoms with Crippen molar-refractivity contribution in [2.45, 2.75) is 0 Å². The lowest BCUT2D eigenvalue weighted by Crippen LogP contribution is -1.73. The van der Waals surface area contributed by atoms with Crippen LogP contribution >= 0.6 is 22.6 Å². The van der Waals surface area contributed by atoms with Gasteiger partial charge in [-0.3, -0.25) is 0 Å². The first-order valence-corrected chi connectivity index (χ1v) is 5.88. The Balaban J connectivity index is 2.57. The molecule has 0 aliphatic rings. The van der Waals surface area contributed by atoms with Gasteiger partial charge in [0, 0.05) is 14.3 Å². The van der Waals surface area contributed by atoms with Crippen molar-refractivity contribution in [1.82, 2.24) is 0 Å². The Kier molecular flexibility index (Phi) is 2.11. The number of nitriles is 1. The SMILES string of the molecule is N#Cc1cccc2c1oc1ccc(I)cc12. The first-order chi connectivity index (χ1) is 7.79. The number of halogens is 1. The van der Waals surface area contributed by atoms with Crippen LogP contribution in [0.25, 0.3) is 21.9 Å². The van der Waals surface area contributed by atoms with Gasteiger partial charge in [-0.25, -0.2) is 0 Å². The number of hydrogen-bond donors (Lipinski definition) is 0. The van der Waals surface area contributed by atoms with Gasteiger partial charge in [0.1, 0.15) is 11.7 Å². The van der Waals surface area contributed by atoms with Crippen LogP contribution in [0, 0.1) is 14.9 Å². The third-order valence-corrected chi connectivity index (χ3v) is 3.25. The van der Waals surface area contributed by atoms with Gasteiger partial charge < -0.3 is 4.42 Å². The molecule has 0 N–H and O–H groups in total. The number of nitrogens with zero attached hydrogens (tertiary/aromatic N) is 1. The molecule has 0 atom stereocenters. The summed E-state index contributed by atoms with van der Waals surface area (Å²) in [5.41, 5.74) is 2.10. The molecule has 1 aromatic heterocycles. The van der Waals surface area contributed by atoms with Gasteiger partial charge in [0.05, 0.1) is 5.56 Å². The van der Waals surface area contributed by atoms with Crippen LogP contribution in [0.5, 0.6) is 0 Å². The van der Waals surface area contributed by atoms with Crippen LogP contribution in [0.3, 0.4) is 0 Å². The predicted octanol–water partition coefficient (Wildman–Crippen LogP) is 4.06. The lowest BCUT2D eigenvalue weighted by Gasteiger charge is -1.90. The largest absolute Gasteiger partial charge is 0.455 e. The van der Waals surface area contributed by atoms with E-state index in [-0.39, 0.29) is 0 Å². The molecule has 0 fully saturated rings. The number of benzene rings is 2. The summed E-state index contributed by atoms with van der Waals surface area (Å²) in [5.74, 6) is 0. The minimum absolute atomic E-state index is 0.587. The van der Waals surface area contributed by atoms with Gasteiger partial charge in [-0.1, -0.05) is 12.1 Å². The molecule has 0 aliphatic carbocycles. The smallest absolute Gasteiger partial charge is 0.153 e. The third-order valence-electron chi connectivity index (χ3n) is 2.58. The van der Waals surface area contributed by atoms with E-state index in [1.807, 2.05) is 24.3 Å². The monoisotopic (exact) mass is 319 g/mol. The van der Waals surface area contributed by atoms with E-state index in [1.54, 1.807) is 6.07 Å². The highest BCUT2D eigenvalue weighted by Crippen LogP contribution is 2.31. The number of furan rings is 1. The van der Waals surface area contributed by atoms with E-state index in [9.17, 15) is 0 Å². The number of para-hydroxylation sites is 1. The molecular formula is C13H6INO. The normalized spacial score (nSPS) is 10.8. The van der Waals surface area contributed by atoms with Crippen molar-refractivity contribution < 1.29 is 4.42 Å². The van der Waals surface area contributed by atoms with Crippen LogP contribution < -0.4 is 0 Å². The maximum absolute atomic E-state index is 9.00. The van der Waals surface area contributed by atoms with E-state index in [0.29, 0.717) is 11.1 Å². The van der Waals surface area contributed by atoms with E-state index in [2.05, 4.69) is 34.7 Å². The van der Waals surface area contributed by atoms with Gasteiger partial charge in [0.2, 0.25) is 0 Å². The van der Waals surface area contributed by atoms with Crippen LogP contribution in [0.15, 0.2) is 40.8 Å². The molecular weight excluding hydrogens is 313 g/mol. The highest BCUT2D eigenvalue weighted by atomic mass is 127. The van der Waals surface area contributed by atoms with Crippen molar-refractivity contribution in [2.75, 3.05) is 0 Å². The second-order valence-corrected chi connectivity index (χ2v) is 4.78. The first kappa shape index (κ1) is 9.67. The predicted molar refractivity (Wildman–Crippen MR) is 71.2 cm³/mol. The Hall–Kier alpha value is -1.54. The zero-order chi connectivity index (χ0) is 11.1. The van der Waals surface area contributed by atoms with E-state index in [1.165, 1.54) is 0 Å². The molecule has 0 spiro atoms. The second-order valence-electron chi connectivity index (χ2n) is 3.54. The number of fused-ring (bicyclic) bond motifs is 3. The van der Waals surface area contributed by atoms with E-state index in [0.717, 1.165) is 19.9 Å². The zero-order valence-electron chi connectivity index (χ0n) is 8.20. The lowest BCUT2D eigenvalue weighted by atomic mass is 10.1. The standard InChI is InChI=1S/C13H6INO/c14-9-4-5-12-11(6-9)10-3-1-2-8(7-15)13(10)16-12/h1-6H. The molecule has 3 rings (SSSR count). The van der Waals surface area contributed by atoms with Gasteiger partial charge >= 0.3 is 0 Å². The van der Waals surface area contributed by atoms with Crippen molar-refractivity contribution in [3.05, 3.63) is 45.5 Å². The molecule has 0 bridgehead atoms. The van der Waals surface area contributed by atoms with E-state index in [4.69, 9.17) is 9.68 Å². The summed E-state index contributed by atoms with van der Waals surface area (Å²) in [7, 11) is 0. The summed E-state index contributed by atoms with van der Waals surface area (Å²) in [4.78, 5) is 0. The van der Waals surface area contributed by atoms with Crippen molar-refractivity contribution >= 4 is 44.5 Å². The molecule has 76 valence electrons. The molecule has 0 amide bonds. The molecule has 0 unspecified atom stereocenters. The molecule has 1 heterocycles. The minimum atomic E-state index is 0.587. The van der Waals surface area contributed by atoms with Crippen molar-refractivity contribution in [1.29, 1.82) is 5.26 Å². The second kappa shape index (κ2) is 3.49. The van der Waals surface area contributed by atoms with Crippen LogP contribution in [0.4, 0.5) is 0 Å². The van der Waals surface area contributed by atoms with Crippen LogP contribution in [-0.4, -0.2) is 0 Å². The van der Waals surface area contributed by atoms with Crippen LogP contribution in [-0.2, 0) is 0 Å². The average Bonchev–Trinajstić information content (AvgIpc) is 2.67. The molecule has 0 radical (unpaired) electrons. The third kappa shape index (κ3) is 1.30. The zero-order valence-corrected chi connectivity index (χ0v) is 10.4. The molecule has 2 aromatic carbocycles. The average molecular weight is 319 g/mol. The molecule has 0 saturated heterocycles. The first-order valence-electron chi connectivity index (χ1n) is 4.80. The van der Waals surface area contributed by atoms with Crippen molar-refractivity contribution in [3.8, 4) is 6.07 Å². The molecule has 16 heavy (non-hydrogen) atoms. The molecule has 2 nitrogen and oxygen atoms in total. The Bertz CT molecular complexity index is 737. The Morgan fingerprint density at radius 2 is 2.00 bits per heavy atom. The summed E-state index contributed by atoms with van der Waals surface area (Å²) in [5, 5.41) is 11.1. The summed E-state index contributed by atoms with van der Waals surface area (Å²) in [6, 6.07) is 13.8. The molecule has 3 heteroatoms. The van der Waals surface area contributed by atoms with Gasteiger partial charge in [-0.15, -0.1) is 0 Å². The van der Waals surface area contributed by atoms with Crippen LogP contribution in [0.1, 0.15) is 5.56 Å². The van der Waals surface area contributed by atoms with Crippen molar-refractivity contribution in [3.63, 3.8) is 0 Å². The van der Waals surface area contributed by atoms with Gasteiger partial charge in [0.25, 0.3) is 0 Å². The fraction of sp³-hybridized carbons (Fsp3) is 0. The number of hydrogen-bond acceptors (Lipinski definition) is 2. The Morgan fingerprint density at radius 1 is 1.12 bits per heavy atom. The summed E-state index contributed by atoms with van der Waals surface area (Å²) in [6.45, 7) is 0. The van der Waals surface area contributed by atoms with E-state index >= 15 is 0 Å². The van der Waals surface area contributed by atoms with Gasteiger partial charge in [-0.05, 0) is 46.9 Å². The maximum atomic E-state index is 9.00. The van der Waals surface area contributed by atoms with Crippen LogP contribution in [0.2, 0.25) is 0 Å². The highest BCUT2D eigenvalue weighted by Gasteiger charge is 2.09. The van der Waals surface area contributed by atoms with E-state index < -0.39 is 0 Å². The maximum Gasteiger partial charge on any atom is 0.153 e. The minimum Gasteiger partial charge on any atom is -0.455 e. The fourth-order valence-electron chi connectivity index (χ4n) is 1.86.